The van der Waals surface area contributed by atoms with Crippen LogP contribution in [-0.2, 0) is 4.74 Å². The quantitative estimate of drug-likeness (QED) is 0.623. The summed E-state index contributed by atoms with van der Waals surface area (Å²) in [5, 5.41) is 8.67. The Morgan fingerprint density at radius 1 is 1.08 bits per heavy atom. The van der Waals surface area contributed by atoms with Gasteiger partial charge in [-0.2, -0.15) is 4.98 Å². The number of hydrogen-bond acceptors (Lipinski definition) is 5. The third-order valence-corrected chi connectivity index (χ3v) is 4.68. The summed E-state index contributed by atoms with van der Waals surface area (Å²) in [7, 11) is 0. The number of rotatable bonds is 5. The molecule has 1 saturated heterocycles. The molecule has 5 nitrogen and oxygen atoms in total. The van der Waals surface area contributed by atoms with E-state index in [1.54, 1.807) is 18.2 Å². The summed E-state index contributed by atoms with van der Waals surface area (Å²) >= 11 is 12.1. The van der Waals surface area contributed by atoms with Gasteiger partial charge in [0.15, 0.2) is 0 Å². The van der Waals surface area contributed by atoms with Gasteiger partial charge >= 0.3 is 0 Å². The lowest BCUT2D eigenvalue weighted by Crippen LogP contribution is -2.19. The molecule has 0 spiro atoms. The molecular weight excluding hydrogens is 371 g/mol. The molecule has 1 fully saturated rings. The standard InChI is InChI=1S/C19H18Cl2N4O/c20-12-8-13(21)10-14(9-12)23-19-24-17-6-2-1-5-16(17)18(25-19)22-11-15-4-3-7-26-15/h1-2,5-6,8-10,15H,3-4,7,11H2,(H2,22,23,24,25)/t15-/m1/s1. The van der Waals surface area contributed by atoms with Gasteiger partial charge in [-0.1, -0.05) is 35.3 Å². The van der Waals surface area contributed by atoms with Crippen LogP contribution in [-0.4, -0.2) is 29.2 Å². The molecule has 1 aliphatic rings. The van der Waals surface area contributed by atoms with Crippen molar-refractivity contribution in [3.8, 4) is 0 Å². The van der Waals surface area contributed by atoms with Gasteiger partial charge in [-0.25, -0.2) is 4.98 Å². The molecule has 2 aromatic carbocycles. The molecule has 1 aliphatic heterocycles. The minimum atomic E-state index is 0.229. The average molecular weight is 389 g/mol. The van der Waals surface area contributed by atoms with Gasteiger partial charge in [0.25, 0.3) is 0 Å². The summed E-state index contributed by atoms with van der Waals surface area (Å²) in [5.74, 6) is 1.26. The van der Waals surface area contributed by atoms with Crippen molar-refractivity contribution in [3.63, 3.8) is 0 Å². The van der Waals surface area contributed by atoms with E-state index in [2.05, 4.69) is 20.6 Å². The molecule has 0 unspecified atom stereocenters. The van der Waals surface area contributed by atoms with Crippen molar-refractivity contribution < 1.29 is 4.74 Å². The summed E-state index contributed by atoms with van der Waals surface area (Å²) in [4.78, 5) is 9.23. The maximum atomic E-state index is 6.07. The Hall–Kier alpha value is -2.08. The number of nitrogens with one attached hydrogen (secondary N) is 2. The smallest absolute Gasteiger partial charge is 0.229 e. The summed E-state index contributed by atoms with van der Waals surface area (Å²) in [6.07, 6.45) is 2.41. The van der Waals surface area contributed by atoms with Crippen molar-refractivity contribution in [2.24, 2.45) is 0 Å². The molecule has 0 aliphatic carbocycles. The van der Waals surface area contributed by atoms with Gasteiger partial charge in [-0.05, 0) is 43.2 Å². The van der Waals surface area contributed by atoms with E-state index in [0.717, 1.165) is 48.4 Å². The van der Waals surface area contributed by atoms with Crippen LogP contribution in [0.5, 0.6) is 0 Å². The Kier molecular flexibility index (Phi) is 5.11. The fraction of sp³-hybridized carbons (Fsp3) is 0.263. The van der Waals surface area contributed by atoms with Gasteiger partial charge in [-0.3, -0.25) is 0 Å². The van der Waals surface area contributed by atoms with E-state index in [4.69, 9.17) is 27.9 Å². The number of ether oxygens (including phenoxy) is 1. The summed E-state index contributed by atoms with van der Waals surface area (Å²) in [5.41, 5.74) is 1.59. The van der Waals surface area contributed by atoms with E-state index in [9.17, 15) is 0 Å². The van der Waals surface area contributed by atoms with Crippen LogP contribution < -0.4 is 10.6 Å². The third kappa shape index (κ3) is 4.01. The van der Waals surface area contributed by atoms with E-state index in [1.165, 1.54) is 0 Å². The highest BCUT2D eigenvalue weighted by Crippen LogP contribution is 2.27. The second-order valence-corrected chi connectivity index (χ2v) is 7.08. The molecule has 0 radical (unpaired) electrons. The largest absolute Gasteiger partial charge is 0.376 e. The lowest BCUT2D eigenvalue weighted by molar-refractivity contribution is 0.120. The number of halogens is 2. The highest BCUT2D eigenvalue weighted by atomic mass is 35.5. The predicted octanol–water partition coefficient (Wildman–Crippen LogP) is 5.27. The van der Waals surface area contributed by atoms with Gasteiger partial charge in [0.05, 0.1) is 11.6 Å². The van der Waals surface area contributed by atoms with Gasteiger partial charge in [-0.15, -0.1) is 0 Å². The number of hydrogen-bond donors (Lipinski definition) is 2. The first-order valence-corrected chi connectivity index (χ1v) is 9.28. The SMILES string of the molecule is Clc1cc(Cl)cc(Nc2nc(NC[C@H]3CCCO3)c3ccccc3n2)c1. The van der Waals surface area contributed by atoms with Gasteiger partial charge in [0.1, 0.15) is 5.82 Å². The monoisotopic (exact) mass is 388 g/mol. The van der Waals surface area contributed by atoms with Crippen molar-refractivity contribution in [1.82, 2.24) is 9.97 Å². The van der Waals surface area contributed by atoms with Gasteiger partial charge < -0.3 is 15.4 Å². The highest BCUT2D eigenvalue weighted by molar-refractivity contribution is 6.35. The zero-order valence-electron chi connectivity index (χ0n) is 14.0. The molecule has 0 saturated carbocycles. The molecule has 3 aromatic rings. The van der Waals surface area contributed by atoms with Crippen LogP contribution in [0.1, 0.15) is 12.8 Å². The molecule has 2 heterocycles. The second kappa shape index (κ2) is 7.66. The Balaban J connectivity index is 1.64. The summed E-state index contributed by atoms with van der Waals surface area (Å²) in [6.45, 7) is 1.56. The van der Waals surface area contributed by atoms with E-state index in [1.807, 2.05) is 24.3 Å². The minimum Gasteiger partial charge on any atom is -0.376 e. The fourth-order valence-corrected chi connectivity index (χ4v) is 3.56. The molecule has 7 heteroatoms. The van der Waals surface area contributed by atoms with Crippen molar-refractivity contribution >= 4 is 51.6 Å². The fourth-order valence-electron chi connectivity index (χ4n) is 3.04. The van der Waals surface area contributed by atoms with E-state index in [0.29, 0.717) is 16.0 Å². The van der Waals surface area contributed by atoms with Gasteiger partial charge in [0, 0.05) is 34.3 Å². The average Bonchev–Trinajstić information content (AvgIpc) is 3.12. The molecule has 4 rings (SSSR count). The van der Waals surface area contributed by atoms with Crippen LogP contribution in [0.3, 0.4) is 0 Å². The molecule has 2 N–H and O–H groups in total. The lowest BCUT2D eigenvalue weighted by atomic mass is 10.2. The maximum absolute atomic E-state index is 6.07. The van der Waals surface area contributed by atoms with Crippen molar-refractivity contribution in [2.75, 3.05) is 23.8 Å². The van der Waals surface area contributed by atoms with E-state index >= 15 is 0 Å². The van der Waals surface area contributed by atoms with Crippen LogP contribution in [0.25, 0.3) is 10.9 Å². The Labute approximate surface area is 161 Å². The maximum Gasteiger partial charge on any atom is 0.229 e. The first kappa shape index (κ1) is 17.3. The third-order valence-electron chi connectivity index (χ3n) is 4.24. The molecular formula is C19H18Cl2N4O. The summed E-state index contributed by atoms with van der Waals surface area (Å²) in [6, 6.07) is 13.2. The second-order valence-electron chi connectivity index (χ2n) is 6.21. The number of fused-ring (bicyclic) bond motifs is 1. The van der Waals surface area contributed by atoms with Crippen molar-refractivity contribution in [2.45, 2.75) is 18.9 Å². The molecule has 1 atom stereocenters. The van der Waals surface area contributed by atoms with E-state index in [-0.39, 0.29) is 6.10 Å². The van der Waals surface area contributed by atoms with Crippen LogP contribution in [0.2, 0.25) is 10.0 Å². The number of anilines is 3. The molecule has 1 aromatic heterocycles. The predicted molar refractivity (Wildman–Crippen MR) is 107 cm³/mol. The Morgan fingerprint density at radius 2 is 1.88 bits per heavy atom. The Bertz CT molecular complexity index is 908. The topological polar surface area (TPSA) is 59.1 Å². The normalized spacial score (nSPS) is 16.8. The zero-order chi connectivity index (χ0) is 17.9. The molecule has 0 amide bonds. The molecule has 26 heavy (non-hydrogen) atoms. The van der Waals surface area contributed by atoms with Crippen LogP contribution in [0.4, 0.5) is 17.5 Å². The number of para-hydroxylation sites is 1. The first-order valence-electron chi connectivity index (χ1n) is 8.53. The van der Waals surface area contributed by atoms with Crippen molar-refractivity contribution in [3.05, 3.63) is 52.5 Å². The summed E-state index contributed by atoms with van der Waals surface area (Å²) < 4.78 is 5.69. The number of benzene rings is 2. The van der Waals surface area contributed by atoms with Crippen LogP contribution in [0.15, 0.2) is 42.5 Å². The van der Waals surface area contributed by atoms with Crippen molar-refractivity contribution in [1.29, 1.82) is 0 Å². The van der Waals surface area contributed by atoms with Crippen LogP contribution >= 0.6 is 23.2 Å². The van der Waals surface area contributed by atoms with Gasteiger partial charge in [0.2, 0.25) is 5.95 Å². The molecule has 0 bridgehead atoms. The minimum absolute atomic E-state index is 0.229. The first-order chi connectivity index (χ1) is 12.7. The molecule has 134 valence electrons. The van der Waals surface area contributed by atoms with E-state index < -0.39 is 0 Å². The zero-order valence-corrected chi connectivity index (χ0v) is 15.5. The highest BCUT2D eigenvalue weighted by Gasteiger charge is 2.16. The number of aromatic nitrogens is 2. The lowest BCUT2D eigenvalue weighted by Gasteiger charge is -2.14. The Morgan fingerprint density at radius 3 is 2.65 bits per heavy atom. The number of nitrogens with zero attached hydrogens (tertiary/aromatic N) is 2. The van der Waals surface area contributed by atoms with Crippen LogP contribution in [0, 0.1) is 0 Å².